The molecule has 2 aromatic carbocycles. The molecule has 1 aromatic heterocycles. The molecule has 2 aliphatic heterocycles. The standard InChI is InChI=1S/C24H23F2N5O2/c1-13-12-31(6-7-33-13)16-4-5-19-20(9-16)30-22(29-19)21-17-8-15(3-2-14(17)11-27-21)28-23(32)18-10-24(18,25)26/h2-5,8-9,13,18H,6-7,10-12H2,1H3,(H,28,32)(H,29,30). The second-order valence-corrected chi connectivity index (χ2v) is 8.96. The molecule has 2 N–H and O–H groups in total. The van der Waals surface area contributed by atoms with E-state index in [1.807, 2.05) is 12.1 Å². The minimum Gasteiger partial charge on any atom is -0.375 e. The molecule has 2 fully saturated rings. The molecule has 7 nitrogen and oxygen atoms in total. The Bertz CT molecular complexity index is 1300. The molecule has 0 spiro atoms. The number of alkyl halides is 2. The number of anilines is 2. The molecule has 1 amide bonds. The van der Waals surface area contributed by atoms with E-state index in [4.69, 9.17) is 9.72 Å². The second kappa shape index (κ2) is 7.34. The number of amides is 1. The summed E-state index contributed by atoms with van der Waals surface area (Å²) in [5.41, 5.74) is 5.90. The van der Waals surface area contributed by atoms with E-state index in [1.165, 1.54) is 0 Å². The Hall–Kier alpha value is -3.33. The van der Waals surface area contributed by atoms with Crippen LogP contribution in [0.1, 0.15) is 30.3 Å². The fraction of sp³-hybridized carbons (Fsp3) is 0.375. The maximum atomic E-state index is 13.2. The van der Waals surface area contributed by atoms with Gasteiger partial charge in [0.15, 0.2) is 5.82 Å². The van der Waals surface area contributed by atoms with Crippen molar-refractivity contribution in [2.24, 2.45) is 10.9 Å². The number of aromatic amines is 1. The number of hydrogen-bond acceptors (Lipinski definition) is 5. The molecule has 3 heterocycles. The number of benzene rings is 2. The number of halogens is 2. The summed E-state index contributed by atoms with van der Waals surface area (Å²) in [5, 5.41) is 2.61. The zero-order valence-corrected chi connectivity index (χ0v) is 18.1. The summed E-state index contributed by atoms with van der Waals surface area (Å²) in [7, 11) is 0. The monoisotopic (exact) mass is 451 g/mol. The summed E-state index contributed by atoms with van der Waals surface area (Å²) < 4.78 is 32.1. The Kier molecular flexibility index (Phi) is 4.52. The summed E-state index contributed by atoms with van der Waals surface area (Å²) in [5.74, 6) is -4.13. The van der Waals surface area contributed by atoms with E-state index in [1.54, 1.807) is 12.1 Å². The first kappa shape index (κ1) is 20.3. The smallest absolute Gasteiger partial charge is 0.260 e. The second-order valence-electron chi connectivity index (χ2n) is 8.96. The van der Waals surface area contributed by atoms with Crippen LogP contribution in [0.25, 0.3) is 11.0 Å². The van der Waals surface area contributed by atoms with Crippen LogP contribution in [0.2, 0.25) is 0 Å². The van der Waals surface area contributed by atoms with Crippen molar-refractivity contribution in [3.63, 3.8) is 0 Å². The molecular weight excluding hydrogens is 428 g/mol. The number of imidazole rings is 1. The van der Waals surface area contributed by atoms with Crippen molar-refractivity contribution in [2.45, 2.75) is 31.9 Å². The van der Waals surface area contributed by atoms with Crippen LogP contribution in [-0.2, 0) is 16.1 Å². The van der Waals surface area contributed by atoms with E-state index >= 15 is 0 Å². The zero-order chi connectivity index (χ0) is 22.7. The molecule has 170 valence electrons. The van der Waals surface area contributed by atoms with Gasteiger partial charge in [-0.05, 0) is 42.8 Å². The predicted molar refractivity (Wildman–Crippen MR) is 121 cm³/mol. The highest BCUT2D eigenvalue weighted by atomic mass is 19.3. The van der Waals surface area contributed by atoms with Gasteiger partial charge >= 0.3 is 0 Å². The third-order valence-corrected chi connectivity index (χ3v) is 6.48. The van der Waals surface area contributed by atoms with Crippen LogP contribution in [0.3, 0.4) is 0 Å². The van der Waals surface area contributed by atoms with Gasteiger partial charge in [0.05, 0.1) is 30.3 Å². The quantitative estimate of drug-likeness (QED) is 0.633. The Morgan fingerprint density at radius 3 is 2.91 bits per heavy atom. The molecular formula is C24H23F2N5O2. The van der Waals surface area contributed by atoms with Crippen LogP contribution in [0.5, 0.6) is 0 Å². The Morgan fingerprint density at radius 1 is 1.27 bits per heavy atom. The number of carbonyl (C=O) groups is 1. The zero-order valence-electron chi connectivity index (χ0n) is 18.1. The van der Waals surface area contributed by atoms with Crippen molar-refractivity contribution < 1.29 is 18.3 Å². The third-order valence-electron chi connectivity index (χ3n) is 6.48. The summed E-state index contributed by atoms with van der Waals surface area (Å²) in [4.78, 5) is 27.1. The first-order valence-electron chi connectivity index (χ1n) is 11.1. The first-order valence-corrected chi connectivity index (χ1v) is 11.1. The fourth-order valence-electron chi connectivity index (χ4n) is 4.55. The fourth-order valence-corrected chi connectivity index (χ4v) is 4.55. The molecule has 6 rings (SSSR count). The van der Waals surface area contributed by atoms with Gasteiger partial charge in [-0.15, -0.1) is 0 Å². The molecule has 1 saturated heterocycles. The van der Waals surface area contributed by atoms with E-state index in [9.17, 15) is 13.6 Å². The van der Waals surface area contributed by atoms with Crippen molar-refractivity contribution in [1.82, 2.24) is 9.97 Å². The van der Waals surface area contributed by atoms with Crippen LogP contribution in [0.4, 0.5) is 20.2 Å². The number of rotatable bonds is 4. The molecule has 3 aromatic rings. The average Bonchev–Trinajstić information content (AvgIpc) is 3.13. The van der Waals surface area contributed by atoms with Gasteiger partial charge < -0.3 is 19.9 Å². The Balaban J connectivity index is 1.26. The minimum absolute atomic E-state index is 0.192. The highest BCUT2D eigenvalue weighted by molar-refractivity contribution is 6.14. The van der Waals surface area contributed by atoms with Gasteiger partial charge in [-0.25, -0.2) is 13.8 Å². The Labute approximate surface area is 188 Å². The minimum atomic E-state index is -2.89. The maximum Gasteiger partial charge on any atom is 0.260 e. The molecule has 2 unspecified atom stereocenters. The maximum absolute atomic E-state index is 13.2. The van der Waals surface area contributed by atoms with Crippen LogP contribution >= 0.6 is 0 Å². The molecule has 0 radical (unpaired) electrons. The normalized spacial score (nSPS) is 23.4. The van der Waals surface area contributed by atoms with Gasteiger partial charge in [-0.1, -0.05) is 6.07 Å². The Morgan fingerprint density at radius 2 is 2.12 bits per heavy atom. The lowest BCUT2D eigenvalue weighted by molar-refractivity contribution is -0.119. The summed E-state index contributed by atoms with van der Waals surface area (Å²) >= 11 is 0. The number of morpholine rings is 1. The predicted octanol–water partition coefficient (Wildman–Crippen LogP) is 3.73. The van der Waals surface area contributed by atoms with Gasteiger partial charge in [0.2, 0.25) is 5.91 Å². The van der Waals surface area contributed by atoms with Gasteiger partial charge in [-0.2, -0.15) is 0 Å². The van der Waals surface area contributed by atoms with E-state index in [-0.39, 0.29) is 12.5 Å². The summed E-state index contributed by atoms with van der Waals surface area (Å²) in [6, 6.07) is 11.5. The van der Waals surface area contributed by atoms with Crippen molar-refractivity contribution in [1.29, 1.82) is 0 Å². The van der Waals surface area contributed by atoms with Gasteiger partial charge in [-0.3, -0.25) is 9.79 Å². The number of H-pyrrole nitrogens is 1. The number of aromatic nitrogens is 2. The SMILES string of the molecule is CC1CN(c2ccc3nc(C4=NCc5ccc(NC(=O)C6CC6(F)F)cc54)[nH]c3c2)CCO1. The molecule has 0 bridgehead atoms. The van der Waals surface area contributed by atoms with E-state index in [0.717, 1.165) is 40.9 Å². The lowest BCUT2D eigenvalue weighted by atomic mass is 10.0. The summed E-state index contributed by atoms with van der Waals surface area (Å²) in [6.07, 6.45) is -0.196. The highest BCUT2D eigenvalue weighted by Crippen LogP contribution is 2.49. The number of fused-ring (bicyclic) bond motifs is 2. The molecule has 33 heavy (non-hydrogen) atoms. The van der Waals surface area contributed by atoms with Crippen LogP contribution in [-0.4, -0.2) is 53.3 Å². The summed E-state index contributed by atoms with van der Waals surface area (Å²) in [6.45, 7) is 4.97. The van der Waals surface area contributed by atoms with Crippen molar-refractivity contribution in [3.05, 3.63) is 53.3 Å². The first-order chi connectivity index (χ1) is 15.9. The molecule has 3 aliphatic rings. The topological polar surface area (TPSA) is 82.6 Å². The highest BCUT2D eigenvalue weighted by Gasteiger charge is 2.61. The third kappa shape index (κ3) is 3.66. The number of nitrogens with zero attached hydrogens (tertiary/aromatic N) is 3. The number of nitrogens with one attached hydrogen (secondary N) is 2. The van der Waals surface area contributed by atoms with Crippen molar-refractivity contribution >= 4 is 34.0 Å². The van der Waals surface area contributed by atoms with Crippen LogP contribution in [0, 0.1) is 5.92 Å². The number of carbonyl (C=O) groups excluding carboxylic acids is 1. The van der Waals surface area contributed by atoms with Crippen molar-refractivity contribution in [3.8, 4) is 0 Å². The average molecular weight is 451 g/mol. The van der Waals surface area contributed by atoms with Gasteiger partial charge in [0.25, 0.3) is 5.92 Å². The van der Waals surface area contributed by atoms with Gasteiger partial charge in [0.1, 0.15) is 11.6 Å². The molecule has 1 saturated carbocycles. The number of hydrogen-bond donors (Lipinski definition) is 2. The number of ether oxygens (including phenoxy) is 1. The van der Waals surface area contributed by atoms with E-state index in [0.29, 0.717) is 30.4 Å². The van der Waals surface area contributed by atoms with Crippen molar-refractivity contribution in [2.75, 3.05) is 29.9 Å². The van der Waals surface area contributed by atoms with Gasteiger partial charge in [0, 0.05) is 36.4 Å². The molecule has 2 atom stereocenters. The molecule has 9 heteroatoms. The lowest BCUT2D eigenvalue weighted by Gasteiger charge is -2.32. The van der Waals surface area contributed by atoms with E-state index < -0.39 is 17.7 Å². The van der Waals surface area contributed by atoms with Crippen LogP contribution < -0.4 is 10.2 Å². The van der Waals surface area contributed by atoms with Crippen LogP contribution in [0.15, 0.2) is 41.4 Å². The molecule has 1 aliphatic carbocycles. The lowest BCUT2D eigenvalue weighted by Crippen LogP contribution is -2.41. The largest absolute Gasteiger partial charge is 0.375 e. The van der Waals surface area contributed by atoms with E-state index in [2.05, 4.69) is 39.2 Å². The number of aliphatic imine (C=N–C) groups is 1.